The molecule has 1 atom stereocenters. The summed E-state index contributed by atoms with van der Waals surface area (Å²) in [5.41, 5.74) is 0. The predicted molar refractivity (Wildman–Crippen MR) is 39.8 cm³/mol. The van der Waals surface area contributed by atoms with Crippen LogP contribution in [0.1, 0.15) is 13.8 Å². The molecule has 0 aromatic heterocycles. The second kappa shape index (κ2) is 5.62. The minimum Gasteiger partial charge on any atom is -0.392 e. The fraction of sp³-hybridized carbons (Fsp3) is 1.00. The van der Waals surface area contributed by atoms with Crippen LogP contribution >= 0.6 is 0 Å². The molecule has 1 N–H and O–H groups in total. The zero-order chi connectivity index (χ0) is 7.98. The van der Waals surface area contributed by atoms with Gasteiger partial charge in [-0.25, -0.2) is 4.39 Å². The summed E-state index contributed by atoms with van der Waals surface area (Å²) in [7, 11) is 0. The molecule has 0 aromatic carbocycles. The van der Waals surface area contributed by atoms with Crippen LogP contribution < -0.4 is 0 Å². The first-order valence-corrected chi connectivity index (χ1v) is 3.67. The minimum atomic E-state index is -0.355. The van der Waals surface area contributed by atoms with Crippen molar-refractivity contribution in [3.8, 4) is 0 Å². The van der Waals surface area contributed by atoms with E-state index in [1.54, 1.807) is 6.92 Å². The molecule has 0 amide bonds. The maximum absolute atomic E-state index is 11.8. The van der Waals surface area contributed by atoms with E-state index >= 15 is 0 Å². The van der Waals surface area contributed by atoms with Crippen LogP contribution in [0.3, 0.4) is 0 Å². The molecule has 0 rings (SSSR count). The Kier molecular flexibility index (Phi) is 5.54. The van der Waals surface area contributed by atoms with Crippen LogP contribution in [0.4, 0.5) is 4.39 Å². The van der Waals surface area contributed by atoms with Gasteiger partial charge >= 0.3 is 0 Å². The highest BCUT2D eigenvalue weighted by molar-refractivity contribution is 4.57. The summed E-state index contributed by atoms with van der Waals surface area (Å²) >= 11 is 0. The third-order valence-electron chi connectivity index (χ3n) is 1.37. The molecule has 0 saturated heterocycles. The summed E-state index contributed by atoms with van der Waals surface area (Å²) in [6, 6.07) is 0. The Morgan fingerprint density at radius 3 is 2.50 bits per heavy atom. The third kappa shape index (κ3) is 4.70. The third-order valence-corrected chi connectivity index (χ3v) is 1.37. The van der Waals surface area contributed by atoms with E-state index in [0.717, 1.165) is 6.54 Å². The number of halogens is 1. The largest absolute Gasteiger partial charge is 0.392 e. The Hall–Kier alpha value is -0.150. The lowest BCUT2D eigenvalue weighted by Crippen LogP contribution is -2.32. The molecule has 10 heavy (non-hydrogen) atoms. The Morgan fingerprint density at radius 1 is 1.60 bits per heavy atom. The molecule has 0 fully saturated rings. The van der Waals surface area contributed by atoms with Crippen LogP contribution in [0.2, 0.25) is 0 Å². The van der Waals surface area contributed by atoms with Crippen molar-refractivity contribution in [2.45, 2.75) is 20.0 Å². The van der Waals surface area contributed by atoms with Crippen LogP contribution in [0.5, 0.6) is 0 Å². The second-order valence-electron chi connectivity index (χ2n) is 2.43. The molecule has 0 saturated carbocycles. The number of alkyl halides is 1. The van der Waals surface area contributed by atoms with Gasteiger partial charge in [-0.2, -0.15) is 0 Å². The van der Waals surface area contributed by atoms with Crippen molar-refractivity contribution in [2.24, 2.45) is 0 Å². The lowest BCUT2D eigenvalue weighted by molar-refractivity contribution is 0.125. The first-order valence-electron chi connectivity index (χ1n) is 3.67. The number of rotatable bonds is 5. The maximum Gasteiger partial charge on any atom is 0.102 e. The fourth-order valence-electron chi connectivity index (χ4n) is 0.872. The van der Waals surface area contributed by atoms with E-state index in [1.807, 2.05) is 11.8 Å². The van der Waals surface area contributed by atoms with E-state index < -0.39 is 0 Å². The van der Waals surface area contributed by atoms with Crippen LogP contribution in [-0.4, -0.2) is 42.4 Å². The Labute approximate surface area is 61.6 Å². The van der Waals surface area contributed by atoms with Gasteiger partial charge in [0.25, 0.3) is 0 Å². The predicted octanol–water partition coefficient (Wildman–Crippen LogP) is 0.659. The van der Waals surface area contributed by atoms with E-state index in [-0.39, 0.29) is 12.8 Å². The van der Waals surface area contributed by atoms with E-state index in [4.69, 9.17) is 5.11 Å². The Bertz CT molecular complexity index is 78.0. The average molecular weight is 149 g/mol. The average Bonchev–Trinajstić information content (AvgIpc) is 1.86. The van der Waals surface area contributed by atoms with Crippen LogP contribution in [-0.2, 0) is 0 Å². The topological polar surface area (TPSA) is 23.5 Å². The second-order valence-corrected chi connectivity index (χ2v) is 2.43. The van der Waals surface area contributed by atoms with Crippen molar-refractivity contribution in [1.29, 1.82) is 0 Å². The molecule has 0 unspecified atom stereocenters. The summed E-state index contributed by atoms with van der Waals surface area (Å²) in [4.78, 5) is 1.88. The summed E-state index contributed by atoms with van der Waals surface area (Å²) in [5, 5.41) is 8.92. The summed E-state index contributed by atoms with van der Waals surface area (Å²) < 4.78 is 11.8. The van der Waals surface area contributed by atoms with Gasteiger partial charge < -0.3 is 5.11 Å². The SMILES string of the molecule is CCN(CCF)C[C@@H](C)O. The summed E-state index contributed by atoms with van der Waals surface area (Å²) in [5.74, 6) is 0. The molecule has 62 valence electrons. The highest BCUT2D eigenvalue weighted by atomic mass is 19.1. The molecule has 0 radical (unpaired) electrons. The van der Waals surface area contributed by atoms with Gasteiger partial charge in [-0.3, -0.25) is 4.90 Å². The number of hydrogen-bond acceptors (Lipinski definition) is 2. The van der Waals surface area contributed by atoms with Gasteiger partial charge in [0.15, 0.2) is 0 Å². The highest BCUT2D eigenvalue weighted by Gasteiger charge is 2.04. The normalized spacial score (nSPS) is 14.1. The van der Waals surface area contributed by atoms with Gasteiger partial charge in [-0.05, 0) is 13.5 Å². The van der Waals surface area contributed by atoms with Crippen LogP contribution in [0.15, 0.2) is 0 Å². The van der Waals surface area contributed by atoms with E-state index in [9.17, 15) is 4.39 Å². The molecule has 0 aliphatic rings. The van der Waals surface area contributed by atoms with Crippen molar-refractivity contribution in [3.63, 3.8) is 0 Å². The number of likely N-dealkylation sites (N-methyl/N-ethyl adjacent to an activating group) is 1. The van der Waals surface area contributed by atoms with Crippen molar-refractivity contribution in [3.05, 3.63) is 0 Å². The number of aliphatic hydroxyl groups excluding tert-OH is 1. The van der Waals surface area contributed by atoms with Gasteiger partial charge in [-0.15, -0.1) is 0 Å². The molecule has 0 bridgehead atoms. The zero-order valence-corrected chi connectivity index (χ0v) is 6.68. The number of aliphatic hydroxyl groups is 1. The quantitative estimate of drug-likeness (QED) is 0.620. The van der Waals surface area contributed by atoms with Crippen LogP contribution in [0, 0.1) is 0 Å². The first kappa shape index (κ1) is 9.85. The minimum absolute atomic E-state index is 0.333. The fourth-order valence-corrected chi connectivity index (χ4v) is 0.872. The molecule has 0 heterocycles. The van der Waals surface area contributed by atoms with Gasteiger partial charge in [-0.1, -0.05) is 6.92 Å². The summed E-state index contributed by atoms with van der Waals surface area (Å²) in [6.45, 7) is 5.14. The highest BCUT2D eigenvalue weighted by Crippen LogP contribution is 1.90. The van der Waals surface area contributed by atoms with Gasteiger partial charge in [0.2, 0.25) is 0 Å². The van der Waals surface area contributed by atoms with E-state index in [1.165, 1.54) is 0 Å². The standard InChI is InChI=1S/C7H16FNO/c1-3-9(5-4-8)6-7(2)10/h7,10H,3-6H2,1-2H3/t7-/m1/s1. The van der Waals surface area contributed by atoms with E-state index in [2.05, 4.69) is 0 Å². The lowest BCUT2D eigenvalue weighted by atomic mass is 10.3. The molecule has 2 nitrogen and oxygen atoms in total. The molecular formula is C7H16FNO. The molecule has 0 spiro atoms. The number of hydrogen-bond donors (Lipinski definition) is 1. The van der Waals surface area contributed by atoms with E-state index in [0.29, 0.717) is 13.1 Å². The van der Waals surface area contributed by atoms with Crippen molar-refractivity contribution < 1.29 is 9.50 Å². The van der Waals surface area contributed by atoms with Crippen molar-refractivity contribution in [2.75, 3.05) is 26.3 Å². The first-order chi connectivity index (χ1) is 4.70. The molecule has 0 aliphatic carbocycles. The van der Waals surface area contributed by atoms with Gasteiger partial charge in [0, 0.05) is 13.1 Å². The van der Waals surface area contributed by atoms with Crippen LogP contribution in [0.25, 0.3) is 0 Å². The Morgan fingerprint density at radius 2 is 2.20 bits per heavy atom. The molecule has 0 aliphatic heterocycles. The van der Waals surface area contributed by atoms with Crippen molar-refractivity contribution in [1.82, 2.24) is 4.90 Å². The summed E-state index contributed by atoms with van der Waals surface area (Å²) in [6.07, 6.45) is -0.355. The zero-order valence-electron chi connectivity index (χ0n) is 6.68. The van der Waals surface area contributed by atoms with Crippen molar-refractivity contribution >= 4 is 0 Å². The Balaban J connectivity index is 3.39. The molecule has 3 heteroatoms. The van der Waals surface area contributed by atoms with Gasteiger partial charge in [0.1, 0.15) is 6.67 Å². The maximum atomic E-state index is 11.8. The van der Waals surface area contributed by atoms with Gasteiger partial charge in [0.05, 0.1) is 6.10 Å². The monoisotopic (exact) mass is 149 g/mol. The molecular weight excluding hydrogens is 133 g/mol. The number of nitrogens with zero attached hydrogens (tertiary/aromatic N) is 1. The molecule has 0 aromatic rings. The lowest BCUT2D eigenvalue weighted by Gasteiger charge is -2.19. The smallest absolute Gasteiger partial charge is 0.102 e.